The van der Waals surface area contributed by atoms with E-state index in [0.717, 1.165) is 21.3 Å². The van der Waals surface area contributed by atoms with E-state index in [2.05, 4.69) is 10.3 Å². The number of para-hydroxylation sites is 1. The Morgan fingerprint density at radius 1 is 1.23 bits per heavy atom. The second-order valence-corrected chi connectivity index (χ2v) is 6.15. The Kier molecular flexibility index (Phi) is 4.18. The highest BCUT2D eigenvalue weighted by Crippen LogP contribution is 2.28. The molecule has 0 bridgehead atoms. The monoisotopic (exact) mass is 312 g/mol. The van der Waals surface area contributed by atoms with Gasteiger partial charge in [-0.25, -0.2) is 4.98 Å². The maximum atomic E-state index is 12.1. The molecular formula is C17H16N2O2S. The lowest BCUT2D eigenvalue weighted by atomic mass is 10.1. The van der Waals surface area contributed by atoms with Crippen LogP contribution in [0.15, 0.2) is 48.5 Å². The predicted octanol–water partition coefficient (Wildman–Crippen LogP) is 3.67. The number of carbonyl (C=O) groups excluding carboxylic acids is 1. The van der Waals surface area contributed by atoms with Crippen LogP contribution in [0.3, 0.4) is 0 Å². The normalized spacial score (nSPS) is 12.3. The summed E-state index contributed by atoms with van der Waals surface area (Å²) in [5.41, 5.74) is 2.72. The fourth-order valence-corrected chi connectivity index (χ4v) is 3.24. The van der Waals surface area contributed by atoms with Crippen LogP contribution in [0.1, 0.15) is 23.7 Å². The van der Waals surface area contributed by atoms with Gasteiger partial charge in [0.2, 0.25) is 5.91 Å². The number of fused-ring (bicyclic) bond motifs is 1. The van der Waals surface area contributed by atoms with Gasteiger partial charge in [-0.1, -0.05) is 53.8 Å². The molecule has 1 unspecified atom stereocenters. The first-order valence-electron chi connectivity index (χ1n) is 7.02. The third-order valence-corrected chi connectivity index (χ3v) is 4.37. The zero-order valence-electron chi connectivity index (χ0n) is 12.1. The molecule has 3 rings (SSSR count). The summed E-state index contributed by atoms with van der Waals surface area (Å²) in [7, 11) is 0. The summed E-state index contributed by atoms with van der Waals surface area (Å²) < 4.78 is 1.04. The predicted molar refractivity (Wildman–Crippen MR) is 89.0 cm³/mol. The van der Waals surface area contributed by atoms with Gasteiger partial charge in [0.1, 0.15) is 0 Å². The zero-order chi connectivity index (χ0) is 15.5. The second-order valence-electron chi connectivity index (χ2n) is 5.12. The minimum Gasteiger partial charge on any atom is -0.388 e. The quantitative estimate of drug-likeness (QED) is 0.772. The van der Waals surface area contributed by atoms with E-state index in [9.17, 15) is 9.90 Å². The molecule has 5 heteroatoms. The Morgan fingerprint density at radius 2 is 2.00 bits per heavy atom. The van der Waals surface area contributed by atoms with Gasteiger partial charge in [0.15, 0.2) is 5.13 Å². The average molecular weight is 312 g/mol. The van der Waals surface area contributed by atoms with E-state index in [1.807, 2.05) is 43.3 Å². The Bertz CT molecular complexity index is 799. The van der Waals surface area contributed by atoms with Gasteiger partial charge >= 0.3 is 0 Å². The van der Waals surface area contributed by atoms with Crippen LogP contribution in [0.2, 0.25) is 0 Å². The molecule has 1 aromatic heterocycles. The van der Waals surface area contributed by atoms with Gasteiger partial charge in [-0.05, 0) is 24.1 Å². The summed E-state index contributed by atoms with van der Waals surface area (Å²) >= 11 is 1.44. The third-order valence-electron chi connectivity index (χ3n) is 3.43. The lowest BCUT2D eigenvalue weighted by Gasteiger charge is -2.09. The van der Waals surface area contributed by atoms with Crippen molar-refractivity contribution in [2.45, 2.75) is 19.4 Å². The van der Waals surface area contributed by atoms with Crippen molar-refractivity contribution in [3.63, 3.8) is 0 Å². The third kappa shape index (κ3) is 3.16. The molecule has 0 aliphatic rings. The molecule has 0 aliphatic heterocycles. The summed E-state index contributed by atoms with van der Waals surface area (Å²) in [5.74, 6) is -0.243. The number of aliphatic hydroxyl groups is 1. The van der Waals surface area contributed by atoms with E-state index < -0.39 is 6.10 Å². The smallest absolute Gasteiger partial charge is 0.229 e. The number of carbonyl (C=O) groups is 1. The summed E-state index contributed by atoms with van der Waals surface area (Å²) in [6.45, 7) is 1.99. The molecule has 2 aromatic carbocycles. The van der Waals surface area contributed by atoms with Crippen LogP contribution in [0.4, 0.5) is 5.13 Å². The van der Waals surface area contributed by atoms with E-state index >= 15 is 0 Å². The summed E-state index contributed by atoms with van der Waals surface area (Å²) in [5, 5.41) is 13.4. The SMILES string of the molecule is Cc1cccc2sc(NC(=O)CC(O)c3ccccc3)nc12. The Morgan fingerprint density at radius 3 is 2.73 bits per heavy atom. The van der Waals surface area contributed by atoms with Gasteiger partial charge in [0.25, 0.3) is 0 Å². The number of nitrogens with one attached hydrogen (secondary N) is 1. The molecule has 4 nitrogen and oxygen atoms in total. The fraction of sp³-hybridized carbons (Fsp3) is 0.176. The zero-order valence-corrected chi connectivity index (χ0v) is 12.9. The molecular weight excluding hydrogens is 296 g/mol. The highest BCUT2D eigenvalue weighted by Gasteiger charge is 2.14. The van der Waals surface area contributed by atoms with Gasteiger partial charge in [-0.2, -0.15) is 0 Å². The lowest BCUT2D eigenvalue weighted by molar-refractivity contribution is -0.118. The molecule has 2 N–H and O–H groups in total. The van der Waals surface area contributed by atoms with Gasteiger partial charge in [-0.15, -0.1) is 0 Å². The highest BCUT2D eigenvalue weighted by molar-refractivity contribution is 7.22. The summed E-state index contributed by atoms with van der Waals surface area (Å²) in [4.78, 5) is 16.5. The number of nitrogens with zero attached hydrogens (tertiary/aromatic N) is 1. The molecule has 0 aliphatic carbocycles. The average Bonchev–Trinajstić information content (AvgIpc) is 2.92. The number of hydrogen-bond acceptors (Lipinski definition) is 4. The number of benzene rings is 2. The van der Waals surface area contributed by atoms with E-state index in [4.69, 9.17) is 0 Å². The summed E-state index contributed by atoms with van der Waals surface area (Å²) in [6.07, 6.45) is -0.795. The minimum atomic E-state index is -0.808. The van der Waals surface area contributed by atoms with Crippen molar-refractivity contribution in [2.24, 2.45) is 0 Å². The number of aliphatic hydroxyl groups excluding tert-OH is 1. The van der Waals surface area contributed by atoms with Crippen LogP contribution in [0, 0.1) is 6.92 Å². The molecule has 0 fully saturated rings. The first-order chi connectivity index (χ1) is 10.6. The van der Waals surface area contributed by atoms with Crippen molar-refractivity contribution in [2.75, 3.05) is 5.32 Å². The first-order valence-corrected chi connectivity index (χ1v) is 7.84. The number of thiazole rings is 1. The van der Waals surface area contributed by atoms with Crippen molar-refractivity contribution in [1.82, 2.24) is 4.98 Å². The minimum absolute atomic E-state index is 0.0128. The van der Waals surface area contributed by atoms with E-state index in [1.165, 1.54) is 11.3 Å². The number of amides is 1. The lowest BCUT2D eigenvalue weighted by Crippen LogP contribution is -2.15. The number of aromatic nitrogens is 1. The molecule has 0 saturated heterocycles. The maximum Gasteiger partial charge on any atom is 0.229 e. The van der Waals surface area contributed by atoms with Crippen LogP contribution in [-0.2, 0) is 4.79 Å². The highest BCUT2D eigenvalue weighted by atomic mass is 32.1. The van der Waals surface area contributed by atoms with Crippen molar-refractivity contribution in [3.8, 4) is 0 Å². The second kappa shape index (κ2) is 6.25. The Hall–Kier alpha value is -2.24. The largest absolute Gasteiger partial charge is 0.388 e. The molecule has 112 valence electrons. The number of hydrogen-bond donors (Lipinski definition) is 2. The van der Waals surface area contributed by atoms with Crippen molar-refractivity contribution < 1.29 is 9.90 Å². The van der Waals surface area contributed by atoms with Crippen LogP contribution >= 0.6 is 11.3 Å². The molecule has 0 radical (unpaired) electrons. The standard InChI is InChI=1S/C17H16N2O2S/c1-11-6-5-9-14-16(11)19-17(22-14)18-15(21)10-13(20)12-7-3-2-4-8-12/h2-9,13,20H,10H2,1H3,(H,18,19,21). The van der Waals surface area contributed by atoms with Gasteiger partial charge < -0.3 is 10.4 Å². The van der Waals surface area contributed by atoms with Crippen LogP contribution in [0.25, 0.3) is 10.2 Å². The van der Waals surface area contributed by atoms with E-state index in [1.54, 1.807) is 12.1 Å². The van der Waals surface area contributed by atoms with Crippen molar-refractivity contribution in [3.05, 3.63) is 59.7 Å². The Balaban J connectivity index is 1.69. The summed E-state index contributed by atoms with van der Waals surface area (Å²) in [6, 6.07) is 15.1. The van der Waals surface area contributed by atoms with E-state index in [0.29, 0.717) is 5.13 Å². The molecule has 3 aromatic rings. The molecule has 1 amide bonds. The van der Waals surface area contributed by atoms with Crippen molar-refractivity contribution in [1.29, 1.82) is 0 Å². The topological polar surface area (TPSA) is 62.2 Å². The molecule has 0 saturated carbocycles. The number of anilines is 1. The number of rotatable bonds is 4. The van der Waals surface area contributed by atoms with Crippen LogP contribution in [0.5, 0.6) is 0 Å². The van der Waals surface area contributed by atoms with Crippen LogP contribution < -0.4 is 5.32 Å². The molecule has 22 heavy (non-hydrogen) atoms. The van der Waals surface area contributed by atoms with Crippen LogP contribution in [-0.4, -0.2) is 16.0 Å². The van der Waals surface area contributed by atoms with Gasteiger partial charge in [0.05, 0.1) is 22.7 Å². The van der Waals surface area contributed by atoms with Crippen molar-refractivity contribution >= 4 is 32.6 Å². The van der Waals surface area contributed by atoms with Gasteiger partial charge in [0, 0.05) is 0 Å². The van der Waals surface area contributed by atoms with Gasteiger partial charge in [-0.3, -0.25) is 4.79 Å². The molecule has 1 heterocycles. The fourth-order valence-electron chi connectivity index (χ4n) is 2.28. The number of aryl methyl sites for hydroxylation is 1. The maximum absolute atomic E-state index is 12.1. The first kappa shape index (κ1) is 14.7. The Labute approximate surface area is 132 Å². The molecule has 1 atom stereocenters. The molecule has 0 spiro atoms. The van der Waals surface area contributed by atoms with E-state index in [-0.39, 0.29) is 12.3 Å².